The van der Waals surface area contributed by atoms with Gasteiger partial charge in [-0.05, 0) is 103 Å². The average molecular weight is 1260 g/mol. The SMILES string of the molecule is C[C@]12C=CC(=O)C=C1CC[C@@H]1[C@@H]2[C@@H](O)C[C@@]2(C)[C@H]1C[C@H]1O[C@@H](c3ccc(OC45CC(NC(=O)OCc6ccc(O[C@@H]7O[C@H](C(=O)O)[C@@H](O)[C@H](O)[C@H]7O)c(NC(=O)CCNC(=O)CCC(=O)N7Cc8ccccc8C#Cc8ccccc87)c6)(C4)C5)cc3)O[C@]12C(=O)CO. The molecule has 92 heavy (non-hydrogen) atoms. The third kappa shape index (κ3) is 11.0. The van der Waals surface area contributed by atoms with Crippen LogP contribution in [0.2, 0.25) is 0 Å². The van der Waals surface area contributed by atoms with Gasteiger partial charge in [0.25, 0.3) is 0 Å². The third-order valence-electron chi connectivity index (χ3n) is 20.8. The zero-order valence-electron chi connectivity index (χ0n) is 50.6. The van der Waals surface area contributed by atoms with Crippen LogP contribution >= 0.6 is 0 Å². The van der Waals surface area contributed by atoms with Gasteiger partial charge in [0.1, 0.15) is 48.6 Å². The Kier molecular flexibility index (Phi) is 16.3. The first kappa shape index (κ1) is 62.5. The van der Waals surface area contributed by atoms with Crippen LogP contribution in [0.25, 0.3) is 0 Å². The average Bonchev–Trinajstić information content (AvgIpc) is 1.08. The van der Waals surface area contributed by atoms with Crippen molar-refractivity contribution in [2.24, 2.45) is 28.6 Å². The number of aliphatic carboxylic acids is 1. The number of carbonyl (C=O) groups is 7. The van der Waals surface area contributed by atoms with Crippen LogP contribution in [0.4, 0.5) is 16.2 Å². The molecule has 4 amide bonds. The number of hydrogen-bond acceptors (Lipinski definition) is 18. The molecular weight excluding hydrogens is 1190 g/mol. The lowest BCUT2D eigenvalue weighted by Gasteiger charge is -2.68. The van der Waals surface area contributed by atoms with Crippen molar-refractivity contribution in [3.8, 4) is 23.3 Å². The van der Waals surface area contributed by atoms with Crippen molar-refractivity contribution in [1.29, 1.82) is 0 Å². The zero-order chi connectivity index (χ0) is 64.6. The molecule has 0 aromatic heterocycles. The van der Waals surface area contributed by atoms with Crippen molar-refractivity contribution in [1.82, 2.24) is 10.6 Å². The van der Waals surface area contributed by atoms with E-state index >= 15 is 0 Å². The van der Waals surface area contributed by atoms with E-state index in [-0.39, 0.29) is 86.3 Å². The van der Waals surface area contributed by atoms with Crippen LogP contribution in [0, 0.1) is 40.4 Å². The predicted octanol–water partition coefficient (Wildman–Crippen LogP) is 4.71. The summed E-state index contributed by atoms with van der Waals surface area (Å²) >= 11 is 0. The number of aliphatic hydroxyl groups excluding tert-OH is 5. The van der Waals surface area contributed by atoms with E-state index in [4.69, 9.17) is 28.4 Å². The highest BCUT2D eigenvalue weighted by Gasteiger charge is 2.76. The van der Waals surface area contributed by atoms with Crippen LogP contribution < -0.4 is 30.3 Å². The Morgan fingerprint density at radius 2 is 1.57 bits per heavy atom. The Morgan fingerprint density at radius 1 is 0.826 bits per heavy atom. The van der Waals surface area contributed by atoms with Gasteiger partial charge in [0.2, 0.25) is 24.0 Å². The monoisotopic (exact) mass is 1260 g/mol. The summed E-state index contributed by atoms with van der Waals surface area (Å²) < 4.78 is 36.7. The second-order valence-corrected chi connectivity index (χ2v) is 26.4. The van der Waals surface area contributed by atoms with Gasteiger partial charge < -0.3 is 79.9 Å². The molecule has 23 nitrogen and oxygen atoms in total. The Hall–Kier alpha value is -8.31. The fourth-order valence-corrected chi connectivity index (χ4v) is 16.4. The number of carboxylic acids is 1. The Labute approximate surface area is 529 Å². The largest absolute Gasteiger partial charge is 0.487 e. The molecule has 10 aliphatic rings. The maximum absolute atomic E-state index is 14.1. The minimum absolute atomic E-state index is 0.0211. The van der Waals surface area contributed by atoms with E-state index in [1.54, 1.807) is 35.3 Å². The normalized spacial score (nSPS) is 34.0. The summed E-state index contributed by atoms with van der Waals surface area (Å²) in [6.07, 6.45) is -4.57. The second-order valence-electron chi connectivity index (χ2n) is 26.4. The lowest BCUT2D eigenvalue weighted by Crippen LogP contribution is -2.80. The van der Waals surface area contributed by atoms with Crippen molar-refractivity contribution in [3.63, 3.8) is 0 Å². The van der Waals surface area contributed by atoms with E-state index in [2.05, 4.69) is 34.7 Å². The Bertz CT molecular complexity index is 3780. The smallest absolute Gasteiger partial charge is 0.407 e. The molecule has 0 unspecified atom stereocenters. The molecule has 14 atom stereocenters. The molecule has 3 aliphatic heterocycles. The number of benzene rings is 4. The molecule has 482 valence electrons. The highest BCUT2D eigenvalue weighted by molar-refractivity contribution is 6.01. The summed E-state index contributed by atoms with van der Waals surface area (Å²) in [6.45, 7) is 3.13. The van der Waals surface area contributed by atoms with Crippen molar-refractivity contribution >= 4 is 52.7 Å². The molecule has 2 bridgehead atoms. The van der Waals surface area contributed by atoms with E-state index in [1.807, 2.05) is 67.6 Å². The number of hydrogen-bond donors (Lipinski definition) is 9. The van der Waals surface area contributed by atoms with E-state index in [9.17, 15) is 64.2 Å². The number of alkyl carbamates (subject to hydrolysis) is 1. The molecule has 8 fully saturated rings. The Morgan fingerprint density at radius 3 is 2.33 bits per heavy atom. The van der Waals surface area contributed by atoms with Gasteiger partial charge in [-0.2, -0.15) is 0 Å². The second kappa shape index (κ2) is 24.0. The number of nitrogens with one attached hydrogen (secondary N) is 3. The summed E-state index contributed by atoms with van der Waals surface area (Å²) in [5.74, 6) is 2.92. The van der Waals surface area contributed by atoms with Gasteiger partial charge in [-0.3, -0.25) is 24.0 Å². The third-order valence-corrected chi connectivity index (χ3v) is 20.8. The molecular formula is C69H72N4O19. The van der Waals surface area contributed by atoms with Crippen LogP contribution in [-0.2, 0) is 60.9 Å². The van der Waals surface area contributed by atoms with Crippen LogP contribution in [0.3, 0.4) is 0 Å². The minimum atomic E-state index is -2.00. The summed E-state index contributed by atoms with van der Waals surface area (Å²) in [5, 5.41) is 71.9. The van der Waals surface area contributed by atoms with E-state index in [1.165, 1.54) is 18.2 Å². The van der Waals surface area contributed by atoms with E-state index in [0.717, 1.165) is 23.1 Å². The lowest BCUT2D eigenvalue weighted by atomic mass is 9.46. The zero-order valence-corrected chi connectivity index (χ0v) is 50.6. The molecule has 4 aromatic carbocycles. The van der Waals surface area contributed by atoms with Crippen molar-refractivity contribution in [2.45, 2.75) is 157 Å². The van der Waals surface area contributed by atoms with Crippen molar-refractivity contribution in [2.75, 3.05) is 23.4 Å². The van der Waals surface area contributed by atoms with Gasteiger partial charge in [-0.25, -0.2) is 9.59 Å². The number of carbonyl (C=O) groups excluding carboxylic acids is 6. The van der Waals surface area contributed by atoms with Gasteiger partial charge in [-0.15, -0.1) is 0 Å². The number of ether oxygens (including phenoxy) is 6. The maximum atomic E-state index is 14.1. The van der Waals surface area contributed by atoms with Crippen molar-refractivity contribution in [3.05, 3.63) is 143 Å². The molecule has 4 aromatic rings. The van der Waals surface area contributed by atoms with E-state index in [0.29, 0.717) is 60.2 Å². The molecule has 0 radical (unpaired) electrons. The number of para-hydroxylation sites is 1. The standard InChI is InChI=1S/C69H72N4O19/c1-65-25-23-43(75)28-42(65)16-19-45-46-29-52-69(51(77)32-74,66(46,2)30-49(76)56(45)65)92-62(89-52)40-14-17-44(18-15-40)91-68-34-67(35-68,36-68)72-64(86)87-33-37-11-20-50(88-63-59(83)57(81)58(82)60(90-63)61(84)85)47(27-37)71-54(79)24-26-70-53(78)21-22-55(80)73-31-41-9-4-3-7-38(41)12-13-39-8-5-6-10-48(39)73/h3-11,14-15,17-18,20,23,25,27-28,45-46,49,52,56-60,62-63,74,76,81-83H,16,19,21-22,24,26,29-36H2,1-2H3,(H,70,78)(H,71,79)(H,72,86)(H,84,85)/t45-,46-,49-,52+,56+,57-,58-,59+,60-,62+,63+,65-,66-,67?,68?,69+/m0/s1. The number of fused-ring (bicyclic) bond motifs is 9. The fourth-order valence-electron chi connectivity index (χ4n) is 16.4. The van der Waals surface area contributed by atoms with Gasteiger partial charge >= 0.3 is 12.1 Å². The van der Waals surface area contributed by atoms with Gasteiger partial charge in [0, 0.05) is 78.5 Å². The number of rotatable bonds is 18. The van der Waals surface area contributed by atoms with Crippen LogP contribution in [-0.4, -0.2) is 145 Å². The molecule has 14 rings (SSSR count). The summed E-state index contributed by atoms with van der Waals surface area (Å²) in [4.78, 5) is 93.6. The minimum Gasteiger partial charge on any atom is -0.487 e. The lowest BCUT2D eigenvalue weighted by molar-refractivity contribution is -0.271. The molecule has 6 saturated carbocycles. The summed E-state index contributed by atoms with van der Waals surface area (Å²) in [5.41, 5.74) is 0.899. The summed E-state index contributed by atoms with van der Waals surface area (Å²) in [6, 6.07) is 26.2. The van der Waals surface area contributed by atoms with Gasteiger partial charge in [0.15, 0.2) is 29.6 Å². The van der Waals surface area contributed by atoms with Gasteiger partial charge in [0.05, 0.1) is 35.7 Å². The number of Topliss-reactive ketones (excluding diaryl/α,β-unsaturated/α-hetero) is 1. The number of nitrogens with zero attached hydrogens (tertiary/aromatic N) is 1. The number of amides is 4. The van der Waals surface area contributed by atoms with E-state index < -0.39 is 113 Å². The number of ketones is 2. The first-order valence-electron chi connectivity index (χ1n) is 31.2. The number of anilines is 2. The highest BCUT2D eigenvalue weighted by Crippen LogP contribution is 2.71. The molecule has 2 saturated heterocycles. The topological polar surface area (TPSA) is 336 Å². The molecule has 7 aliphatic carbocycles. The first-order valence-corrected chi connectivity index (χ1v) is 31.2. The molecule has 9 N–H and O–H groups in total. The fraction of sp³-hybridized carbons (Fsp3) is 0.464. The quantitative estimate of drug-likeness (QED) is 0.0609. The maximum Gasteiger partial charge on any atom is 0.407 e. The van der Waals surface area contributed by atoms with Crippen LogP contribution in [0.5, 0.6) is 11.5 Å². The summed E-state index contributed by atoms with van der Waals surface area (Å²) in [7, 11) is 0. The van der Waals surface area contributed by atoms with Crippen LogP contribution in [0.1, 0.15) is 112 Å². The highest BCUT2D eigenvalue weighted by atomic mass is 16.7. The van der Waals surface area contributed by atoms with Gasteiger partial charge in [-0.1, -0.05) is 85.9 Å². The number of aliphatic hydroxyl groups is 5. The molecule has 23 heteroatoms. The number of allylic oxidation sites excluding steroid dienone is 4. The first-order chi connectivity index (χ1) is 44.0. The molecule has 0 spiro atoms. The Balaban J connectivity index is 0.603. The molecule has 3 heterocycles. The van der Waals surface area contributed by atoms with Crippen molar-refractivity contribution < 1.29 is 92.6 Å². The van der Waals surface area contributed by atoms with Crippen LogP contribution in [0.15, 0.2) is 115 Å². The predicted molar refractivity (Wildman–Crippen MR) is 324 cm³/mol. The number of carboxylic acid groups (broad SMARTS) is 1.